The number of nitrogens with one attached hydrogen (secondary N) is 1. The molecule has 0 saturated carbocycles. The van der Waals surface area contributed by atoms with Crippen molar-refractivity contribution in [3.05, 3.63) is 29.3 Å². The molecule has 5 heteroatoms. The molecule has 1 aromatic rings. The molecule has 0 aliphatic carbocycles. The van der Waals surface area contributed by atoms with Gasteiger partial charge in [0.05, 0.1) is 19.8 Å². The number of hydrogen-bond acceptors (Lipinski definition) is 3. The van der Waals surface area contributed by atoms with Crippen LogP contribution in [-0.4, -0.2) is 31.8 Å². The molecule has 1 aliphatic rings. The van der Waals surface area contributed by atoms with Gasteiger partial charge in [-0.05, 0) is 30.9 Å². The molecule has 128 valence electrons. The molecule has 0 aromatic heterocycles. The number of nitrogens with zero attached hydrogens (tertiary/aromatic N) is 1. The molecular weight excluding hydrogens is 290 g/mol. The Morgan fingerprint density at radius 1 is 1.48 bits per heavy atom. The van der Waals surface area contributed by atoms with E-state index in [-0.39, 0.29) is 6.10 Å². The van der Waals surface area contributed by atoms with Gasteiger partial charge in [0.15, 0.2) is 5.96 Å². The number of aliphatic imine (C=N–C) groups is 1. The maximum absolute atomic E-state index is 6.08. The fourth-order valence-electron chi connectivity index (χ4n) is 2.40. The standard InChI is InChI=1S/C18H29N3O2/c1-13(2)6-8-20-18(19)21-11-15-5-4-14(3)10-17(15)23-16-7-9-22-12-16/h4-5,10,13,16H,6-9,11-12H2,1-3H3,(H3,19,20,21). The number of rotatable bonds is 7. The second kappa shape index (κ2) is 8.77. The van der Waals surface area contributed by atoms with Gasteiger partial charge in [-0.1, -0.05) is 26.0 Å². The van der Waals surface area contributed by atoms with Gasteiger partial charge in [-0.2, -0.15) is 0 Å². The van der Waals surface area contributed by atoms with Gasteiger partial charge in [0.1, 0.15) is 11.9 Å². The molecule has 0 spiro atoms. The third kappa shape index (κ3) is 6.10. The minimum Gasteiger partial charge on any atom is -0.488 e. The van der Waals surface area contributed by atoms with E-state index in [1.165, 1.54) is 5.56 Å². The summed E-state index contributed by atoms with van der Waals surface area (Å²) in [7, 11) is 0. The molecule has 1 heterocycles. The van der Waals surface area contributed by atoms with E-state index in [1.807, 2.05) is 0 Å². The van der Waals surface area contributed by atoms with Crippen LogP contribution in [0.4, 0.5) is 0 Å². The van der Waals surface area contributed by atoms with Crippen molar-refractivity contribution in [1.29, 1.82) is 0 Å². The molecule has 1 fully saturated rings. The minimum atomic E-state index is 0.140. The van der Waals surface area contributed by atoms with Crippen molar-refractivity contribution in [2.24, 2.45) is 16.6 Å². The Morgan fingerprint density at radius 2 is 2.30 bits per heavy atom. The van der Waals surface area contributed by atoms with Gasteiger partial charge in [0.2, 0.25) is 0 Å². The zero-order valence-electron chi connectivity index (χ0n) is 14.5. The van der Waals surface area contributed by atoms with Crippen LogP contribution < -0.4 is 15.8 Å². The van der Waals surface area contributed by atoms with E-state index in [0.717, 1.165) is 37.3 Å². The van der Waals surface area contributed by atoms with Gasteiger partial charge in [-0.25, -0.2) is 4.99 Å². The molecule has 0 amide bonds. The summed E-state index contributed by atoms with van der Waals surface area (Å²) in [5.74, 6) is 2.03. The SMILES string of the molecule is Cc1ccc(CN=C(N)NCCC(C)C)c(OC2CCOC2)c1. The Kier molecular flexibility index (Phi) is 6.71. The molecule has 1 aliphatic heterocycles. The minimum absolute atomic E-state index is 0.140. The highest BCUT2D eigenvalue weighted by Gasteiger charge is 2.18. The van der Waals surface area contributed by atoms with Gasteiger partial charge in [-0.15, -0.1) is 0 Å². The van der Waals surface area contributed by atoms with Gasteiger partial charge >= 0.3 is 0 Å². The van der Waals surface area contributed by atoms with E-state index in [4.69, 9.17) is 15.2 Å². The van der Waals surface area contributed by atoms with E-state index < -0.39 is 0 Å². The molecule has 1 atom stereocenters. The largest absolute Gasteiger partial charge is 0.488 e. The fourth-order valence-corrected chi connectivity index (χ4v) is 2.40. The maximum Gasteiger partial charge on any atom is 0.188 e. The molecule has 2 rings (SSSR count). The first-order valence-electron chi connectivity index (χ1n) is 8.42. The van der Waals surface area contributed by atoms with Gasteiger partial charge in [0, 0.05) is 18.5 Å². The fraction of sp³-hybridized carbons (Fsp3) is 0.611. The lowest BCUT2D eigenvalue weighted by Gasteiger charge is -2.16. The molecule has 23 heavy (non-hydrogen) atoms. The van der Waals surface area contributed by atoms with Crippen LogP contribution in [0.5, 0.6) is 5.75 Å². The van der Waals surface area contributed by atoms with Crippen molar-refractivity contribution in [2.45, 2.75) is 46.3 Å². The molecule has 1 aromatic carbocycles. The summed E-state index contributed by atoms with van der Waals surface area (Å²) < 4.78 is 11.5. The quantitative estimate of drug-likeness (QED) is 0.599. The van der Waals surface area contributed by atoms with Crippen LogP contribution in [0.15, 0.2) is 23.2 Å². The van der Waals surface area contributed by atoms with E-state index in [2.05, 4.69) is 49.3 Å². The summed E-state index contributed by atoms with van der Waals surface area (Å²) >= 11 is 0. The highest BCUT2D eigenvalue weighted by Crippen LogP contribution is 2.24. The van der Waals surface area contributed by atoms with Gasteiger partial charge in [0.25, 0.3) is 0 Å². The lowest BCUT2D eigenvalue weighted by Crippen LogP contribution is -2.32. The lowest BCUT2D eigenvalue weighted by molar-refractivity contribution is 0.140. The predicted octanol–water partition coefficient (Wildman–Crippen LogP) is 2.61. The van der Waals surface area contributed by atoms with Crippen LogP contribution in [0.1, 0.15) is 37.8 Å². The zero-order valence-corrected chi connectivity index (χ0v) is 14.5. The Bertz CT molecular complexity index is 523. The lowest BCUT2D eigenvalue weighted by atomic mass is 10.1. The van der Waals surface area contributed by atoms with Crippen LogP contribution in [0.2, 0.25) is 0 Å². The number of ether oxygens (including phenoxy) is 2. The van der Waals surface area contributed by atoms with Crippen molar-refractivity contribution >= 4 is 5.96 Å². The zero-order chi connectivity index (χ0) is 16.7. The summed E-state index contributed by atoms with van der Waals surface area (Å²) in [4.78, 5) is 4.43. The molecule has 0 bridgehead atoms. The van der Waals surface area contributed by atoms with Gasteiger partial charge < -0.3 is 20.5 Å². The van der Waals surface area contributed by atoms with E-state index in [9.17, 15) is 0 Å². The number of aryl methyl sites for hydroxylation is 1. The second-order valence-electron chi connectivity index (χ2n) is 6.53. The highest BCUT2D eigenvalue weighted by molar-refractivity contribution is 5.77. The first-order chi connectivity index (χ1) is 11.0. The van der Waals surface area contributed by atoms with Crippen LogP contribution in [0.25, 0.3) is 0 Å². The first kappa shape index (κ1) is 17.6. The highest BCUT2D eigenvalue weighted by atomic mass is 16.5. The van der Waals surface area contributed by atoms with E-state index in [0.29, 0.717) is 25.0 Å². The van der Waals surface area contributed by atoms with Crippen molar-refractivity contribution < 1.29 is 9.47 Å². The van der Waals surface area contributed by atoms with Crippen LogP contribution in [0, 0.1) is 12.8 Å². The van der Waals surface area contributed by atoms with Crippen LogP contribution >= 0.6 is 0 Å². The normalized spacial score (nSPS) is 18.4. The van der Waals surface area contributed by atoms with E-state index in [1.54, 1.807) is 0 Å². The van der Waals surface area contributed by atoms with Crippen molar-refractivity contribution in [3.8, 4) is 5.75 Å². The van der Waals surface area contributed by atoms with E-state index >= 15 is 0 Å². The number of guanidine groups is 1. The monoisotopic (exact) mass is 319 g/mol. The molecule has 1 saturated heterocycles. The second-order valence-corrected chi connectivity index (χ2v) is 6.53. The molecule has 0 radical (unpaired) electrons. The Labute approximate surface area is 139 Å². The number of hydrogen-bond donors (Lipinski definition) is 2. The summed E-state index contributed by atoms with van der Waals surface area (Å²) in [6.07, 6.45) is 2.16. The summed E-state index contributed by atoms with van der Waals surface area (Å²) in [6.45, 7) is 9.25. The predicted molar refractivity (Wildman–Crippen MR) is 93.8 cm³/mol. The Balaban J connectivity index is 1.95. The maximum atomic E-state index is 6.08. The number of benzene rings is 1. The average molecular weight is 319 g/mol. The summed E-state index contributed by atoms with van der Waals surface area (Å²) in [6, 6.07) is 6.20. The Morgan fingerprint density at radius 3 is 3.00 bits per heavy atom. The topological polar surface area (TPSA) is 68.9 Å². The first-order valence-corrected chi connectivity index (χ1v) is 8.42. The smallest absolute Gasteiger partial charge is 0.188 e. The molecular formula is C18H29N3O2. The average Bonchev–Trinajstić information content (AvgIpc) is 2.99. The summed E-state index contributed by atoms with van der Waals surface area (Å²) in [5, 5.41) is 3.16. The third-order valence-electron chi connectivity index (χ3n) is 3.85. The van der Waals surface area contributed by atoms with Crippen LogP contribution in [-0.2, 0) is 11.3 Å². The van der Waals surface area contributed by atoms with Crippen LogP contribution in [0.3, 0.4) is 0 Å². The van der Waals surface area contributed by atoms with Crippen molar-refractivity contribution in [1.82, 2.24) is 5.32 Å². The Hall–Kier alpha value is -1.75. The third-order valence-corrected chi connectivity index (χ3v) is 3.85. The summed E-state index contributed by atoms with van der Waals surface area (Å²) in [5.41, 5.74) is 8.16. The van der Waals surface area contributed by atoms with Crippen molar-refractivity contribution in [2.75, 3.05) is 19.8 Å². The molecule has 3 N–H and O–H groups in total. The molecule has 1 unspecified atom stereocenters. The van der Waals surface area contributed by atoms with Crippen molar-refractivity contribution in [3.63, 3.8) is 0 Å². The molecule has 5 nitrogen and oxygen atoms in total. The van der Waals surface area contributed by atoms with Gasteiger partial charge in [-0.3, -0.25) is 0 Å². The number of nitrogens with two attached hydrogens (primary N) is 1.